The molecule has 0 bridgehead atoms. The van der Waals surface area contributed by atoms with Crippen LogP contribution >= 0.6 is 0 Å². The van der Waals surface area contributed by atoms with E-state index >= 15 is 0 Å². The van der Waals surface area contributed by atoms with Crippen molar-refractivity contribution < 1.29 is 14.0 Å². The normalized spacial score (nSPS) is 16.8. The third-order valence-corrected chi connectivity index (χ3v) is 5.30. The number of hydrogen-bond acceptors (Lipinski definition) is 3. The van der Waals surface area contributed by atoms with Gasteiger partial charge in [-0.25, -0.2) is 4.39 Å². The molecule has 1 aromatic carbocycles. The van der Waals surface area contributed by atoms with Crippen molar-refractivity contribution in [2.24, 2.45) is 5.92 Å². The minimum absolute atomic E-state index is 0.0699. The van der Waals surface area contributed by atoms with Gasteiger partial charge in [0.1, 0.15) is 12.4 Å². The maximum absolute atomic E-state index is 13.6. The average molecular weight is 386 g/mol. The molecule has 0 spiro atoms. The Morgan fingerprint density at radius 2 is 2.11 bits per heavy atom. The lowest BCUT2D eigenvalue weighted by atomic mass is 9.93. The molecule has 2 aromatic rings. The van der Waals surface area contributed by atoms with Crippen molar-refractivity contribution >= 4 is 11.8 Å². The van der Waals surface area contributed by atoms with Crippen molar-refractivity contribution in [3.05, 3.63) is 53.6 Å². The van der Waals surface area contributed by atoms with Crippen LogP contribution in [0.15, 0.2) is 36.5 Å². The van der Waals surface area contributed by atoms with Gasteiger partial charge < -0.3 is 10.2 Å². The van der Waals surface area contributed by atoms with E-state index in [1.807, 2.05) is 17.9 Å². The van der Waals surface area contributed by atoms with Gasteiger partial charge in [-0.2, -0.15) is 5.10 Å². The number of nitrogens with one attached hydrogen (secondary N) is 1. The van der Waals surface area contributed by atoms with Gasteiger partial charge in [-0.3, -0.25) is 14.3 Å². The van der Waals surface area contributed by atoms with Crippen LogP contribution < -0.4 is 5.32 Å². The van der Waals surface area contributed by atoms with E-state index in [-0.39, 0.29) is 30.7 Å². The molecule has 7 heteroatoms. The molecule has 0 saturated carbocycles. The van der Waals surface area contributed by atoms with Crippen molar-refractivity contribution in [1.82, 2.24) is 20.0 Å². The Hall–Kier alpha value is -2.70. The molecule has 1 aromatic heterocycles. The first-order valence-electron chi connectivity index (χ1n) is 9.79. The predicted molar refractivity (Wildman–Crippen MR) is 104 cm³/mol. The molecule has 150 valence electrons. The van der Waals surface area contributed by atoms with E-state index in [9.17, 15) is 14.0 Å². The van der Waals surface area contributed by atoms with E-state index in [1.165, 1.54) is 6.07 Å². The molecule has 2 heterocycles. The fourth-order valence-corrected chi connectivity index (χ4v) is 3.58. The molecule has 1 atom stereocenters. The Labute approximate surface area is 164 Å². The molecule has 28 heavy (non-hydrogen) atoms. The number of carbonyl (C=O) groups is 2. The number of piperidine rings is 1. The van der Waals surface area contributed by atoms with Crippen molar-refractivity contribution in [1.29, 1.82) is 0 Å². The maximum Gasteiger partial charge on any atom is 0.244 e. The van der Waals surface area contributed by atoms with E-state index in [4.69, 9.17) is 0 Å². The summed E-state index contributed by atoms with van der Waals surface area (Å²) in [6.07, 6.45) is 4.78. The topological polar surface area (TPSA) is 67.2 Å². The van der Waals surface area contributed by atoms with E-state index in [0.29, 0.717) is 24.4 Å². The lowest BCUT2D eigenvalue weighted by Crippen LogP contribution is -2.42. The van der Waals surface area contributed by atoms with Crippen molar-refractivity contribution in [3.63, 3.8) is 0 Å². The molecule has 1 unspecified atom stereocenters. The number of hydrogen-bond donors (Lipinski definition) is 1. The first-order chi connectivity index (χ1) is 13.5. The van der Waals surface area contributed by atoms with Gasteiger partial charge >= 0.3 is 0 Å². The number of benzene rings is 1. The second-order valence-corrected chi connectivity index (χ2v) is 7.39. The summed E-state index contributed by atoms with van der Waals surface area (Å²) in [6.45, 7) is 3.83. The molecular weight excluding hydrogens is 359 g/mol. The molecular formula is C21H27FN4O2. The summed E-state index contributed by atoms with van der Waals surface area (Å²) in [6, 6.07) is 8.32. The lowest BCUT2D eigenvalue weighted by Gasteiger charge is -2.33. The third-order valence-electron chi connectivity index (χ3n) is 5.30. The number of rotatable bonds is 7. The SMILES string of the molecule is Cc1ccnn1CC(=O)N1CCCC(CCC(=O)NCc2ccccc2F)C1. The first kappa shape index (κ1) is 20.0. The zero-order valence-electron chi connectivity index (χ0n) is 16.2. The zero-order valence-corrected chi connectivity index (χ0v) is 16.2. The molecule has 2 amide bonds. The van der Waals surface area contributed by atoms with E-state index in [1.54, 1.807) is 29.1 Å². The molecule has 6 nitrogen and oxygen atoms in total. The largest absolute Gasteiger partial charge is 0.352 e. The van der Waals surface area contributed by atoms with Crippen molar-refractivity contribution in [2.45, 2.75) is 45.7 Å². The van der Waals surface area contributed by atoms with Gasteiger partial charge in [0.15, 0.2) is 0 Å². The highest BCUT2D eigenvalue weighted by molar-refractivity contribution is 5.76. The minimum atomic E-state index is -0.309. The number of amides is 2. The monoisotopic (exact) mass is 386 g/mol. The van der Waals surface area contributed by atoms with Gasteiger partial charge in [0.25, 0.3) is 0 Å². The van der Waals surface area contributed by atoms with E-state index < -0.39 is 0 Å². The number of aryl methyl sites for hydroxylation is 1. The Kier molecular flexibility index (Phi) is 6.79. The number of likely N-dealkylation sites (tertiary alicyclic amines) is 1. The maximum atomic E-state index is 13.6. The summed E-state index contributed by atoms with van der Waals surface area (Å²) in [4.78, 5) is 26.5. The molecule has 1 saturated heterocycles. The van der Waals surface area contributed by atoms with Gasteiger partial charge in [-0.1, -0.05) is 18.2 Å². The highest BCUT2D eigenvalue weighted by Crippen LogP contribution is 2.21. The molecule has 0 radical (unpaired) electrons. The van der Waals surface area contributed by atoms with Crippen LogP contribution in [0.25, 0.3) is 0 Å². The lowest BCUT2D eigenvalue weighted by molar-refractivity contribution is -0.134. The predicted octanol–water partition coefficient (Wildman–Crippen LogP) is 2.67. The van der Waals surface area contributed by atoms with Gasteiger partial charge in [0.2, 0.25) is 11.8 Å². The van der Waals surface area contributed by atoms with Crippen molar-refractivity contribution in [2.75, 3.05) is 13.1 Å². The summed E-state index contributed by atoms with van der Waals surface area (Å²) in [7, 11) is 0. The molecule has 3 rings (SSSR count). The Morgan fingerprint density at radius 3 is 2.86 bits per heavy atom. The van der Waals surface area contributed by atoms with E-state index in [2.05, 4.69) is 10.4 Å². The highest BCUT2D eigenvalue weighted by Gasteiger charge is 2.24. The van der Waals surface area contributed by atoms with Gasteiger partial charge in [-0.05, 0) is 44.2 Å². The summed E-state index contributed by atoms with van der Waals surface area (Å²) < 4.78 is 15.3. The summed E-state index contributed by atoms with van der Waals surface area (Å²) >= 11 is 0. The van der Waals surface area contributed by atoms with Gasteiger partial charge in [-0.15, -0.1) is 0 Å². The van der Waals surface area contributed by atoms with Crippen LogP contribution in [0.2, 0.25) is 0 Å². The number of aromatic nitrogens is 2. The third kappa shape index (κ3) is 5.41. The second kappa shape index (κ2) is 9.48. The van der Waals surface area contributed by atoms with Gasteiger partial charge in [0, 0.05) is 43.5 Å². The average Bonchev–Trinajstić information content (AvgIpc) is 3.10. The van der Waals surface area contributed by atoms with Crippen LogP contribution in [0.1, 0.15) is 36.9 Å². The van der Waals surface area contributed by atoms with Crippen LogP contribution in [-0.2, 0) is 22.7 Å². The molecule has 0 aliphatic carbocycles. The Balaban J connectivity index is 1.42. The highest BCUT2D eigenvalue weighted by atomic mass is 19.1. The molecule has 1 aliphatic heterocycles. The summed E-state index contributed by atoms with van der Waals surface area (Å²) in [5.41, 5.74) is 1.45. The summed E-state index contributed by atoms with van der Waals surface area (Å²) in [5, 5.41) is 6.95. The molecule has 1 N–H and O–H groups in total. The number of halogens is 1. The van der Waals surface area contributed by atoms with Crippen LogP contribution in [0, 0.1) is 18.7 Å². The number of nitrogens with zero attached hydrogens (tertiary/aromatic N) is 3. The summed E-state index contributed by atoms with van der Waals surface area (Å²) in [5.74, 6) is -0.00773. The smallest absolute Gasteiger partial charge is 0.244 e. The standard InChI is InChI=1S/C21H27FN4O2/c1-16-10-11-24-26(16)15-21(28)25-12-4-5-17(14-25)8-9-20(27)23-13-18-6-2-3-7-19(18)22/h2-3,6-7,10-11,17H,4-5,8-9,12-15H2,1H3,(H,23,27). The first-order valence-corrected chi connectivity index (χ1v) is 9.79. The van der Waals surface area contributed by atoms with E-state index in [0.717, 1.165) is 31.5 Å². The Morgan fingerprint density at radius 1 is 1.29 bits per heavy atom. The molecule has 1 aliphatic rings. The fraction of sp³-hybridized carbons (Fsp3) is 0.476. The molecule has 1 fully saturated rings. The second-order valence-electron chi connectivity index (χ2n) is 7.39. The Bertz CT molecular complexity index is 820. The van der Waals surface area contributed by atoms with Crippen LogP contribution in [0.3, 0.4) is 0 Å². The van der Waals surface area contributed by atoms with Gasteiger partial charge in [0.05, 0.1) is 0 Å². The zero-order chi connectivity index (χ0) is 19.9. The van der Waals surface area contributed by atoms with Crippen LogP contribution in [0.4, 0.5) is 4.39 Å². The quantitative estimate of drug-likeness (QED) is 0.796. The van der Waals surface area contributed by atoms with Crippen LogP contribution in [0.5, 0.6) is 0 Å². The van der Waals surface area contributed by atoms with Crippen molar-refractivity contribution in [3.8, 4) is 0 Å². The van der Waals surface area contributed by atoms with Crippen LogP contribution in [-0.4, -0.2) is 39.6 Å². The minimum Gasteiger partial charge on any atom is -0.352 e. The fourth-order valence-electron chi connectivity index (χ4n) is 3.58. The number of carbonyl (C=O) groups excluding carboxylic acids is 2.